The summed E-state index contributed by atoms with van der Waals surface area (Å²) in [5.41, 5.74) is 0. The van der Waals surface area contributed by atoms with Gasteiger partial charge in [-0.1, -0.05) is 0 Å². The molecule has 110 valence electrons. The number of carbonyl (C=O) groups excluding carboxylic acids is 1. The molecule has 2 aliphatic heterocycles. The zero-order valence-corrected chi connectivity index (χ0v) is 12.2. The molecule has 0 spiro atoms. The Morgan fingerprint density at radius 1 is 1.21 bits per heavy atom. The number of piperazine rings is 1. The smallest absolute Gasteiger partial charge is 0.223 e. The molecule has 0 unspecified atom stereocenters. The maximum absolute atomic E-state index is 11.9. The van der Waals surface area contributed by atoms with E-state index in [4.69, 9.17) is 0 Å². The fourth-order valence-electron chi connectivity index (χ4n) is 2.81. The van der Waals surface area contributed by atoms with Crippen LogP contribution in [-0.2, 0) is 4.79 Å². The monoisotopic (exact) mass is 268 g/mol. The van der Waals surface area contributed by atoms with E-state index < -0.39 is 0 Å². The summed E-state index contributed by atoms with van der Waals surface area (Å²) in [5.74, 6) is 0.504. The maximum atomic E-state index is 11.9. The molecule has 1 amide bonds. The van der Waals surface area contributed by atoms with Crippen molar-refractivity contribution in [3.63, 3.8) is 0 Å². The normalized spacial score (nSPS) is 23.4. The maximum Gasteiger partial charge on any atom is 0.223 e. The van der Waals surface area contributed by atoms with Gasteiger partial charge in [0.05, 0.1) is 0 Å². The molecule has 2 N–H and O–H groups in total. The van der Waals surface area contributed by atoms with Gasteiger partial charge in [-0.25, -0.2) is 0 Å². The Morgan fingerprint density at radius 2 is 1.89 bits per heavy atom. The quantitative estimate of drug-likeness (QED) is 0.675. The van der Waals surface area contributed by atoms with Crippen molar-refractivity contribution in [2.24, 2.45) is 5.92 Å². The van der Waals surface area contributed by atoms with Gasteiger partial charge in [0.1, 0.15) is 0 Å². The van der Waals surface area contributed by atoms with Crippen LogP contribution in [0.15, 0.2) is 0 Å². The van der Waals surface area contributed by atoms with Gasteiger partial charge in [0.15, 0.2) is 0 Å². The lowest BCUT2D eigenvalue weighted by Crippen LogP contribution is -2.45. The molecule has 0 atom stereocenters. The van der Waals surface area contributed by atoms with Gasteiger partial charge in [0.25, 0.3) is 0 Å². The van der Waals surface area contributed by atoms with Crippen LogP contribution in [0, 0.1) is 5.92 Å². The van der Waals surface area contributed by atoms with Crippen molar-refractivity contribution in [2.45, 2.75) is 19.3 Å². The Hall–Kier alpha value is -0.650. The van der Waals surface area contributed by atoms with E-state index in [0.29, 0.717) is 0 Å². The first kappa shape index (κ1) is 14.8. The van der Waals surface area contributed by atoms with E-state index in [1.807, 2.05) is 0 Å². The second-order valence-electron chi connectivity index (χ2n) is 5.81. The van der Waals surface area contributed by atoms with Gasteiger partial charge in [0.2, 0.25) is 5.91 Å². The van der Waals surface area contributed by atoms with E-state index in [2.05, 4.69) is 27.5 Å². The van der Waals surface area contributed by atoms with Crippen molar-refractivity contribution < 1.29 is 4.79 Å². The highest BCUT2D eigenvalue weighted by Gasteiger charge is 2.20. The largest absolute Gasteiger partial charge is 0.356 e. The van der Waals surface area contributed by atoms with Crippen LogP contribution in [0.4, 0.5) is 0 Å². The molecule has 0 aromatic heterocycles. The van der Waals surface area contributed by atoms with Crippen LogP contribution in [0.2, 0.25) is 0 Å². The first-order valence-corrected chi connectivity index (χ1v) is 7.65. The lowest BCUT2D eigenvalue weighted by Gasteiger charge is -2.32. The molecule has 2 rings (SSSR count). The Morgan fingerprint density at radius 3 is 2.58 bits per heavy atom. The summed E-state index contributed by atoms with van der Waals surface area (Å²) < 4.78 is 0. The lowest BCUT2D eigenvalue weighted by atomic mass is 9.97. The second-order valence-corrected chi connectivity index (χ2v) is 5.81. The van der Waals surface area contributed by atoms with Crippen LogP contribution in [0.25, 0.3) is 0 Å². The molecule has 0 bridgehead atoms. The average molecular weight is 268 g/mol. The molecule has 2 heterocycles. The van der Waals surface area contributed by atoms with E-state index in [9.17, 15) is 4.79 Å². The molecule has 0 aliphatic carbocycles. The lowest BCUT2D eigenvalue weighted by molar-refractivity contribution is -0.125. The summed E-state index contributed by atoms with van der Waals surface area (Å²) in [5, 5.41) is 6.39. The Kier molecular flexibility index (Phi) is 6.07. The molecule has 19 heavy (non-hydrogen) atoms. The average Bonchev–Trinajstić information content (AvgIpc) is 2.46. The number of carbonyl (C=O) groups is 1. The minimum absolute atomic E-state index is 0.241. The number of piperidine rings is 1. The Balaban J connectivity index is 1.52. The molecule has 0 aromatic rings. The van der Waals surface area contributed by atoms with Crippen LogP contribution in [0.1, 0.15) is 19.3 Å². The van der Waals surface area contributed by atoms with Crippen molar-refractivity contribution in [1.29, 1.82) is 0 Å². The Bertz CT molecular complexity index is 271. The van der Waals surface area contributed by atoms with E-state index in [1.54, 1.807) is 0 Å². The number of nitrogens with one attached hydrogen (secondary N) is 2. The molecule has 2 fully saturated rings. The zero-order chi connectivity index (χ0) is 13.5. The van der Waals surface area contributed by atoms with Crippen molar-refractivity contribution in [3.05, 3.63) is 0 Å². The zero-order valence-electron chi connectivity index (χ0n) is 12.2. The van der Waals surface area contributed by atoms with Crippen molar-refractivity contribution in [3.8, 4) is 0 Å². The van der Waals surface area contributed by atoms with Crippen molar-refractivity contribution in [1.82, 2.24) is 20.4 Å². The molecule has 0 saturated carbocycles. The van der Waals surface area contributed by atoms with E-state index in [0.717, 1.165) is 45.4 Å². The summed E-state index contributed by atoms with van der Waals surface area (Å²) >= 11 is 0. The molecule has 2 aliphatic rings. The SMILES string of the molecule is CN1CCN(CCCNC(=O)C2CCNCC2)CC1. The highest BCUT2D eigenvalue weighted by molar-refractivity contribution is 5.78. The molecule has 0 aromatic carbocycles. The Labute approximate surface area is 116 Å². The van der Waals surface area contributed by atoms with E-state index in [-0.39, 0.29) is 11.8 Å². The van der Waals surface area contributed by atoms with Crippen LogP contribution >= 0.6 is 0 Å². The van der Waals surface area contributed by atoms with Crippen LogP contribution in [-0.4, -0.2) is 75.1 Å². The predicted octanol–water partition coefficient (Wildman–Crippen LogP) is -0.260. The summed E-state index contributed by atoms with van der Waals surface area (Å²) in [7, 11) is 2.18. The van der Waals surface area contributed by atoms with Crippen molar-refractivity contribution in [2.75, 3.05) is 59.4 Å². The van der Waals surface area contributed by atoms with Crippen molar-refractivity contribution >= 4 is 5.91 Å². The van der Waals surface area contributed by atoms with Gasteiger partial charge >= 0.3 is 0 Å². The standard InChI is InChI=1S/C14H28N4O/c1-17-9-11-18(12-10-17)8-2-5-16-14(19)13-3-6-15-7-4-13/h13,15H,2-12H2,1H3,(H,16,19). The summed E-state index contributed by atoms with van der Waals surface area (Å²) in [4.78, 5) is 16.8. The van der Waals surface area contributed by atoms with Gasteiger partial charge in [-0.2, -0.15) is 0 Å². The van der Waals surface area contributed by atoms with E-state index >= 15 is 0 Å². The minimum atomic E-state index is 0.241. The summed E-state index contributed by atoms with van der Waals surface area (Å²) in [6, 6.07) is 0. The molecule has 0 radical (unpaired) electrons. The molecule has 2 saturated heterocycles. The number of hydrogen-bond donors (Lipinski definition) is 2. The number of likely N-dealkylation sites (N-methyl/N-ethyl adjacent to an activating group) is 1. The number of nitrogens with zero attached hydrogens (tertiary/aromatic N) is 2. The first-order valence-electron chi connectivity index (χ1n) is 7.65. The highest BCUT2D eigenvalue weighted by atomic mass is 16.1. The number of amides is 1. The fraction of sp³-hybridized carbons (Fsp3) is 0.929. The third-order valence-corrected chi connectivity index (χ3v) is 4.26. The molecule has 5 nitrogen and oxygen atoms in total. The minimum Gasteiger partial charge on any atom is -0.356 e. The van der Waals surface area contributed by atoms with Gasteiger partial charge < -0.3 is 20.4 Å². The van der Waals surface area contributed by atoms with Gasteiger partial charge in [-0.3, -0.25) is 4.79 Å². The van der Waals surface area contributed by atoms with Crippen LogP contribution in [0.3, 0.4) is 0 Å². The topological polar surface area (TPSA) is 47.6 Å². The number of rotatable bonds is 5. The summed E-state index contributed by atoms with van der Waals surface area (Å²) in [6.07, 6.45) is 3.05. The highest BCUT2D eigenvalue weighted by Crippen LogP contribution is 2.11. The third-order valence-electron chi connectivity index (χ3n) is 4.26. The predicted molar refractivity (Wildman–Crippen MR) is 77.2 cm³/mol. The fourth-order valence-corrected chi connectivity index (χ4v) is 2.81. The van der Waals surface area contributed by atoms with Gasteiger partial charge in [0, 0.05) is 38.6 Å². The van der Waals surface area contributed by atoms with Crippen LogP contribution in [0.5, 0.6) is 0 Å². The second kappa shape index (κ2) is 7.82. The molecular formula is C14H28N4O. The summed E-state index contributed by atoms with van der Waals surface area (Å²) in [6.45, 7) is 8.58. The molecular weight excluding hydrogens is 240 g/mol. The first-order chi connectivity index (χ1) is 9.25. The van der Waals surface area contributed by atoms with Gasteiger partial charge in [-0.15, -0.1) is 0 Å². The van der Waals surface area contributed by atoms with E-state index in [1.165, 1.54) is 26.2 Å². The molecule has 5 heteroatoms. The van der Waals surface area contributed by atoms with Crippen LogP contribution < -0.4 is 10.6 Å². The van der Waals surface area contributed by atoms with Gasteiger partial charge in [-0.05, 0) is 45.9 Å². The number of hydrogen-bond acceptors (Lipinski definition) is 4. The third kappa shape index (κ3) is 5.09.